The molecule has 3 rings (SSSR count). The van der Waals surface area contributed by atoms with E-state index in [9.17, 15) is 4.79 Å². The van der Waals surface area contributed by atoms with Gasteiger partial charge in [-0.1, -0.05) is 78.1 Å². The molecule has 0 unspecified atom stereocenters. The predicted octanol–water partition coefficient (Wildman–Crippen LogP) is 8.21. The highest BCUT2D eigenvalue weighted by Gasteiger charge is 2.44. The van der Waals surface area contributed by atoms with Gasteiger partial charge in [0.15, 0.2) is 6.29 Å². The quantitative estimate of drug-likeness (QED) is 0.198. The minimum absolute atomic E-state index is 0.0846. The van der Waals surface area contributed by atoms with Gasteiger partial charge in [-0.2, -0.15) is 0 Å². The Morgan fingerprint density at radius 1 is 0.735 bits per heavy atom. The van der Waals surface area contributed by atoms with Gasteiger partial charge in [-0.3, -0.25) is 4.79 Å². The molecule has 3 aliphatic rings. The number of esters is 1. The van der Waals surface area contributed by atoms with Gasteiger partial charge in [0.05, 0.1) is 13.2 Å². The van der Waals surface area contributed by atoms with E-state index in [1.807, 2.05) is 6.92 Å². The molecule has 0 N–H and O–H groups in total. The molecule has 34 heavy (non-hydrogen) atoms. The molecule has 0 spiro atoms. The van der Waals surface area contributed by atoms with E-state index in [1.165, 1.54) is 103 Å². The number of hydrogen-bond acceptors (Lipinski definition) is 4. The third-order valence-electron chi connectivity index (χ3n) is 8.90. The largest absolute Gasteiger partial charge is 0.462 e. The molecule has 198 valence electrons. The third kappa shape index (κ3) is 8.80. The number of rotatable bonds is 13. The van der Waals surface area contributed by atoms with Crippen LogP contribution in [-0.2, 0) is 19.0 Å². The Hall–Kier alpha value is -0.610. The maximum Gasteiger partial charge on any atom is 0.316 e. The van der Waals surface area contributed by atoms with Crippen LogP contribution in [0.2, 0.25) is 0 Å². The molecule has 0 aromatic carbocycles. The van der Waals surface area contributed by atoms with E-state index in [2.05, 4.69) is 13.8 Å². The summed E-state index contributed by atoms with van der Waals surface area (Å²) in [4.78, 5) is 13.0. The molecule has 4 heteroatoms. The van der Waals surface area contributed by atoms with Crippen molar-refractivity contribution in [3.8, 4) is 0 Å². The third-order valence-corrected chi connectivity index (χ3v) is 8.90. The van der Waals surface area contributed by atoms with E-state index in [1.54, 1.807) is 0 Å². The van der Waals surface area contributed by atoms with E-state index in [-0.39, 0.29) is 18.4 Å². The van der Waals surface area contributed by atoms with Crippen molar-refractivity contribution in [3.63, 3.8) is 0 Å². The molecule has 0 aromatic heterocycles. The Bertz CT molecular complexity index is 552. The SMILES string of the molecule is CCCCCCCC1CCC(OC(=O)C2(C)COC(C3CCC(CCCCC)CC3)OC2)CC1. The highest BCUT2D eigenvalue weighted by atomic mass is 16.7. The van der Waals surface area contributed by atoms with Crippen LogP contribution in [-0.4, -0.2) is 31.6 Å². The van der Waals surface area contributed by atoms with Crippen LogP contribution in [0.1, 0.15) is 136 Å². The average Bonchev–Trinajstić information content (AvgIpc) is 2.86. The van der Waals surface area contributed by atoms with E-state index in [0.29, 0.717) is 19.1 Å². The Labute approximate surface area is 210 Å². The van der Waals surface area contributed by atoms with Crippen LogP contribution in [0.25, 0.3) is 0 Å². The zero-order chi connectivity index (χ0) is 24.2. The van der Waals surface area contributed by atoms with Gasteiger partial charge in [0.25, 0.3) is 0 Å². The summed E-state index contributed by atoms with van der Waals surface area (Å²) < 4.78 is 18.3. The van der Waals surface area contributed by atoms with Gasteiger partial charge in [0.2, 0.25) is 0 Å². The fraction of sp³-hybridized carbons (Fsp3) is 0.967. The molecule has 0 amide bonds. The summed E-state index contributed by atoms with van der Waals surface area (Å²) >= 11 is 0. The molecule has 0 bridgehead atoms. The van der Waals surface area contributed by atoms with Crippen molar-refractivity contribution in [2.75, 3.05) is 13.2 Å². The van der Waals surface area contributed by atoms with Crippen molar-refractivity contribution < 1.29 is 19.0 Å². The second-order valence-electron chi connectivity index (χ2n) is 12.1. The molecule has 2 aliphatic carbocycles. The first-order chi connectivity index (χ1) is 16.5. The molecule has 1 heterocycles. The minimum Gasteiger partial charge on any atom is -0.462 e. The fourth-order valence-electron chi connectivity index (χ4n) is 6.31. The Kier molecular flexibility index (Phi) is 12.2. The number of carbonyl (C=O) groups excluding carboxylic acids is 1. The predicted molar refractivity (Wildman–Crippen MR) is 139 cm³/mol. The molecular formula is C30H54O4. The van der Waals surface area contributed by atoms with Gasteiger partial charge < -0.3 is 14.2 Å². The molecule has 0 aromatic rings. The van der Waals surface area contributed by atoms with Gasteiger partial charge >= 0.3 is 5.97 Å². The summed E-state index contributed by atoms with van der Waals surface area (Å²) in [5, 5.41) is 0. The lowest BCUT2D eigenvalue weighted by atomic mass is 9.79. The molecule has 0 radical (unpaired) electrons. The topological polar surface area (TPSA) is 44.8 Å². The first-order valence-electron chi connectivity index (χ1n) is 15.0. The number of unbranched alkanes of at least 4 members (excludes halogenated alkanes) is 6. The van der Waals surface area contributed by atoms with Gasteiger partial charge in [0.1, 0.15) is 11.5 Å². The summed E-state index contributed by atoms with van der Waals surface area (Å²) in [5.41, 5.74) is -0.663. The first-order valence-corrected chi connectivity index (χ1v) is 15.0. The Morgan fingerprint density at radius 2 is 1.24 bits per heavy atom. The lowest BCUT2D eigenvalue weighted by Gasteiger charge is -2.41. The van der Waals surface area contributed by atoms with E-state index < -0.39 is 5.41 Å². The van der Waals surface area contributed by atoms with Crippen LogP contribution in [0.15, 0.2) is 0 Å². The van der Waals surface area contributed by atoms with Gasteiger partial charge in [-0.25, -0.2) is 0 Å². The van der Waals surface area contributed by atoms with Crippen LogP contribution < -0.4 is 0 Å². The van der Waals surface area contributed by atoms with Crippen LogP contribution in [0.3, 0.4) is 0 Å². The minimum atomic E-state index is -0.663. The van der Waals surface area contributed by atoms with Gasteiger partial charge in [-0.05, 0) is 70.1 Å². The molecule has 4 nitrogen and oxygen atoms in total. The lowest BCUT2D eigenvalue weighted by molar-refractivity contribution is -0.254. The van der Waals surface area contributed by atoms with Crippen molar-refractivity contribution in [1.82, 2.24) is 0 Å². The van der Waals surface area contributed by atoms with Crippen molar-refractivity contribution in [2.45, 2.75) is 149 Å². The second-order valence-corrected chi connectivity index (χ2v) is 12.1. The summed E-state index contributed by atoms with van der Waals surface area (Å²) in [5.74, 6) is 2.09. The molecule has 0 atom stereocenters. The number of hydrogen-bond donors (Lipinski definition) is 0. The second kappa shape index (κ2) is 14.8. The maximum atomic E-state index is 13.0. The van der Waals surface area contributed by atoms with Crippen molar-refractivity contribution in [1.29, 1.82) is 0 Å². The standard InChI is InChI=1S/C30H54O4/c1-4-6-8-9-11-13-25-16-20-27(21-17-25)34-29(31)30(3)22-32-28(33-23-30)26-18-14-24(15-19-26)12-10-7-5-2/h24-28H,4-23H2,1-3H3. The van der Waals surface area contributed by atoms with Gasteiger partial charge in [-0.15, -0.1) is 0 Å². The van der Waals surface area contributed by atoms with E-state index in [0.717, 1.165) is 24.7 Å². The molecular weight excluding hydrogens is 424 g/mol. The normalized spacial score (nSPS) is 34.6. The highest BCUT2D eigenvalue weighted by molar-refractivity contribution is 5.77. The van der Waals surface area contributed by atoms with Crippen LogP contribution >= 0.6 is 0 Å². The van der Waals surface area contributed by atoms with Gasteiger partial charge in [0, 0.05) is 5.92 Å². The van der Waals surface area contributed by atoms with Crippen molar-refractivity contribution >= 4 is 5.97 Å². The van der Waals surface area contributed by atoms with Crippen LogP contribution in [0, 0.1) is 23.2 Å². The van der Waals surface area contributed by atoms with Crippen molar-refractivity contribution in [3.05, 3.63) is 0 Å². The molecule has 2 saturated carbocycles. The van der Waals surface area contributed by atoms with Crippen molar-refractivity contribution in [2.24, 2.45) is 23.2 Å². The number of ether oxygens (including phenoxy) is 3. The Morgan fingerprint density at radius 3 is 1.82 bits per heavy atom. The lowest BCUT2D eigenvalue weighted by Crippen LogP contribution is -2.49. The molecule has 1 saturated heterocycles. The number of carbonyl (C=O) groups is 1. The zero-order valence-electron chi connectivity index (χ0n) is 22.7. The highest BCUT2D eigenvalue weighted by Crippen LogP contribution is 2.38. The first kappa shape index (κ1) is 28.0. The zero-order valence-corrected chi connectivity index (χ0v) is 22.7. The van der Waals surface area contributed by atoms with Crippen LogP contribution in [0.4, 0.5) is 0 Å². The summed E-state index contributed by atoms with van der Waals surface area (Å²) in [6.45, 7) is 7.37. The summed E-state index contributed by atoms with van der Waals surface area (Å²) in [6.07, 6.45) is 23.0. The maximum absolute atomic E-state index is 13.0. The van der Waals surface area contributed by atoms with E-state index in [4.69, 9.17) is 14.2 Å². The average molecular weight is 479 g/mol. The summed E-state index contributed by atoms with van der Waals surface area (Å²) in [6, 6.07) is 0. The Balaban J connectivity index is 1.30. The summed E-state index contributed by atoms with van der Waals surface area (Å²) in [7, 11) is 0. The molecule has 3 fully saturated rings. The van der Waals surface area contributed by atoms with E-state index >= 15 is 0 Å². The smallest absolute Gasteiger partial charge is 0.316 e. The molecule has 1 aliphatic heterocycles. The van der Waals surface area contributed by atoms with Crippen LogP contribution in [0.5, 0.6) is 0 Å². The monoisotopic (exact) mass is 478 g/mol. The fourth-order valence-corrected chi connectivity index (χ4v) is 6.31.